The number of hydrogen-bond acceptors (Lipinski definition) is 6. The summed E-state index contributed by atoms with van der Waals surface area (Å²) >= 11 is 1.37. The van der Waals surface area contributed by atoms with E-state index in [-0.39, 0.29) is 11.1 Å². The van der Waals surface area contributed by atoms with Gasteiger partial charge in [0, 0.05) is 30.9 Å². The quantitative estimate of drug-likeness (QED) is 0.732. The van der Waals surface area contributed by atoms with Crippen molar-refractivity contribution < 1.29 is 4.79 Å². The Morgan fingerprint density at radius 2 is 2.25 bits per heavy atom. The standard InChI is InChI=1S/C20H23N5O2S/c1-13-4-3-7-24(9-13)11-15-12-28-20(22-15)23-18(26)16-8-21-17-6-5-14(2)10-25(17)19(16)27/h5-6,8,10,12-13H,3-4,7,9,11H2,1-2H3,(H,22,23,26). The Labute approximate surface area is 167 Å². The second-order valence-electron chi connectivity index (χ2n) is 7.49. The van der Waals surface area contributed by atoms with Crippen LogP contribution in [0.4, 0.5) is 5.13 Å². The molecule has 8 heteroatoms. The maximum atomic E-state index is 12.6. The lowest BCUT2D eigenvalue weighted by atomic mass is 10.0. The van der Waals surface area contributed by atoms with Gasteiger partial charge in [-0.25, -0.2) is 9.97 Å². The molecule has 0 bridgehead atoms. The zero-order valence-corrected chi connectivity index (χ0v) is 16.8. The van der Waals surface area contributed by atoms with Crippen LogP contribution < -0.4 is 10.9 Å². The second-order valence-corrected chi connectivity index (χ2v) is 8.35. The number of nitrogens with one attached hydrogen (secondary N) is 1. The van der Waals surface area contributed by atoms with E-state index in [9.17, 15) is 9.59 Å². The van der Waals surface area contributed by atoms with Crippen LogP contribution in [0.5, 0.6) is 0 Å². The van der Waals surface area contributed by atoms with E-state index in [4.69, 9.17) is 0 Å². The molecule has 1 aliphatic rings. The molecule has 0 aliphatic carbocycles. The summed E-state index contributed by atoms with van der Waals surface area (Å²) < 4.78 is 1.40. The van der Waals surface area contributed by atoms with Crippen LogP contribution in [-0.2, 0) is 6.54 Å². The monoisotopic (exact) mass is 397 g/mol. The molecule has 3 aromatic heterocycles. The molecule has 1 saturated heterocycles. The van der Waals surface area contributed by atoms with Crippen molar-refractivity contribution in [3.8, 4) is 0 Å². The van der Waals surface area contributed by atoms with E-state index in [0.29, 0.717) is 16.7 Å². The number of anilines is 1. The lowest BCUT2D eigenvalue weighted by Gasteiger charge is -2.30. The van der Waals surface area contributed by atoms with Crippen LogP contribution in [0, 0.1) is 12.8 Å². The second kappa shape index (κ2) is 7.81. The SMILES string of the molecule is Cc1ccc2ncc(C(=O)Nc3nc(CN4CCCC(C)C4)cs3)c(=O)n2c1. The van der Waals surface area contributed by atoms with E-state index in [2.05, 4.69) is 27.1 Å². The first kappa shape index (κ1) is 18.8. The highest BCUT2D eigenvalue weighted by atomic mass is 32.1. The minimum absolute atomic E-state index is 0.00436. The number of carbonyl (C=O) groups excluding carboxylic acids is 1. The molecule has 0 radical (unpaired) electrons. The lowest BCUT2D eigenvalue weighted by molar-refractivity contribution is 0.102. The molecule has 1 fully saturated rings. The van der Waals surface area contributed by atoms with E-state index in [1.54, 1.807) is 12.3 Å². The molecule has 0 saturated carbocycles. The van der Waals surface area contributed by atoms with E-state index in [0.717, 1.165) is 30.9 Å². The lowest BCUT2D eigenvalue weighted by Crippen LogP contribution is -2.33. The van der Waals surface area contributed by atoms with Crippen molar-refractivity contribution in [3.05, 3.63) is 57.1 Å². The number of rotatable bonds is 4. The van der Waals surface area contributed by atoms with E-state index < -0.39 is 5.91 Å². The summed E-state index contributed by atoms with van der Waals surface area (Å²) in [5, 5.41) is 5.20. The summed E-state index contributed by atoms with van der Waals surface area (Å²) in [4.78, 5) is 36.4. The third-order valence-corrected chi connectivity index (χ3v) is 5.80. The fraction of sp³-hybridized carbons (Fsp3) is 0.400. The van der Waals surface area contributed by atoms with Gasteiger partial charge in [0.15, 0.2) is 5.13 Å². The molecule has 1 aliphatic heterocycles. The fourth-order valence-corrected chi connectivity index (χ4v) is 4.30. The number of thiazole rings is 1. The molecular weight excluding hydrogens is 374 g/mol. The number of amides is 1. The number of piperidine rings is 1. The molecule has 3 aromatic rings. The highest BCUT2D eigenvalue weighted by molar-refractivity contribution is 7.13. The summed E-state index contributed by atoms with van der Waals surface area (Å²) in [6.45, 7) is 7.12. The number of aryl methyl sites for hydroxylation is 1. The first-order valence-electron chi connectivity index (χ1n) is 9.46. The Morgan fingerprint density at radius 3 is 3.07 bits per heavy atom. The van der Waals surface area contributed by atoms with Crippen LogP contribution in [-0.4, -0.2) is 38.3 Å². The van der Waals surface area contributed by atoms with Gasteiger partial charge in [0.2, 0.25) is 0 Å². The predicted octanol–water partition coefficient (Wildman–Crippen LogP) is 2.94. The number of nitrogens with zero attached hydrogens (tertiary/aromatic N) is 4. The average molecular weight is 398 g/mol. The maximum absolute atomic E-state index is 12.6. The molecule has 0 spiro atoms. The minimum atomic E-state index is -0.485. The minimum Gasteiger partial charge on any atom is -0.298 e. The predicted molar refractivity (Wildman–Crippen MR) is 110 cm³/mol. The van der Waals surface area contributed by atoms with Crippen molar-refractivity contribution in [2.45, 2.75) is 33.2 Å². The van der Waals surface area contributed by atoms with Crippen molar-refractivity contribution in [2.24, 2.45) is 5.92 Å². The molecule has 1 atom stereocenters. The summed E-state index contributed by atoms with van der Waals surface area (Å²) in [7, 11) is 0. The van der Waals surface area contributed by atoms with Gasteiger partial charge in [0.1, 0.15) is 11.2 Å². The van der Waals surface area contributed by atoms with Crippen molar-refractivity contribution in [2.75, 3.05) is 18.4 Å². The zero-order valence-electron chi connectivity index (χ0n) is 16.0. The molecule has 146 valence electrons. The summed E-state index contributed by atoms with van der Waals surface area (Å²) in [5.74, 6) is 0.226. The van der Waals surface area contributed by atoms with Gasteiger partial charge >= 0.3 is 0 Å². The zero-order chi connectivity index (χ0) is 19.7. The van der Waals surface area contributed by atoms with Gasteiger partial charge in [-0.3, -0.25) is 24.2 Å². The van der Waals surface area contributed by atoms with Gasteiger partial charge in [0.25, 0.3) is 11.5 Å². The number of likely N-dealkylation sites (tertiary alicyclic amines) is 1. The number of aromatic nitrogens is 3. The van der Waals surface area contributed by atoms with Crippen molar-refractivity contribution in [1.29, 1.82) is 0 Å². The molecule has 1 N–H and O–H groups in total. The summed E-state index contributed by atoms with van der Waals surface area (Å²) in [6, 6.07) is 3.63. The van der Waals surface area contributed by atoms with Gasteiger partial charge in [-0.15, -0.1) is 11.3 Å². The number of hydrogen-bond donors (Lipinski definition) is 1. The van der Waals surface area contributed by atoms with Crippen LogP contribution in [0.2, 0.25) is 0 Å². The molecule has 4 rings (SSSR count). The van der Waals surface area contributed by atoms with Crippen LogP contribution in [0.25, 0.3) is 5.65 Å². The normalized spacial score (nSPS) is 17.7. The van der Waals surface area contributed by atoms with Gasteiger partial charge in [-0.1, -0.05) is 13.0 Å². The molecular formula is C20H23N5O2S. The van der Waals surface area contributed by atoms with Crippen molar-refractivity contribution in [3.63, 3.8) is 0 Å². The van der Waals surface area contributed by atoms with Crippen LogP contribution in [0.15, 0.2) is 34.7 Å². The Kier molecular flexibility index (Phi) is 5.23. The third kappa shape index (κ3) is 3.98. The average Bonchev–Trinajstić information content (AvgIpc) is 3.09. The first-order chi connectivity index (χ1) is 13.5. The van der Waals surface area contributed by atoms with E-state index >= 15 is 0 Å². The maximum Gasteiger partial charge on any atom is 0.270 e. The summed E-state index contributed by atoms with van der Waals surface area (Å²) in [6.07, 6.45) is 5.51. The molecule has 4 heterocycles. The van der Waals surface area contributed by atoms with Crippen LogP contribution in [0.3, 0.4) is 0 Å². The summed E-state index contributed by atoms with van der Waals surface area (Å²) in [5.41, 5.74) is 2.00. The first-order valence-corrected chi connectivity index (χ1v) is 10.3. The number of fused-ring (bicyclic) bond motifs is 1. The largest absolute Gasteiger partial charge is 0.298 e. The molecule has 7 nitrogen and oxygen atoms in total. The number of pyridine rings is 1. The van der Waals surface area contributed by atoms with Gasteiger partial charge < -0.3 is 0 Å². The molecule has 1 amide bonds. The number of carbonyl (C=O) groups is 1. The fourth-order valence-electron chi connectivity index (χ4n) is 3.60. The molecule has 0 aromatic carbocycles. The van der Waals surface area contributed by atoms with Gasteiger partial charge in [0.05, 0.1) is 5.69 Å². The third-order valence-electron chi connectivity index (χ3n) is 4.99. The molecule has 28 heavy (non-hydrogen) atoms. The van der Waals surface area contributed by atoms with Gasteiger partial charge in [-0.2, -0.15) is 0 Å². The van der Waals surface area contributed by atoms with Gasteiger partial charge in [-0.05, 0) is 43.9 Å². The van der Waals surface area contributed by atoms with E-state index in [1.807, 2.05) is 18.4 Å². The Balaban J connectivity index is 1.48. The Bertz CT molecular complexity index is 1070. The Hall–Kier alpha value is -2.58. The molecule has 1 unspecified atom stereocenters. The van der Waals surface area contributed by atoms with Crippen LogP contribution >= 0.6 is 11.3 Å². The van der Waals surface area contributed by atoms with Crippen molar-refractivity contribution >= 4 is 28.0 Å². The topological polar surface area (TPSA) is 79.6 Å². The smallest absolute Gasteiger partial charge is 0.270 e. The van der Waals surface area contributed by atoms with Crippen LogP contribution in [0.1, 0.15) is 41.4 Å². The highest BCUT2D eigenvalue weighted by Crippen LogP contribution is 2.21. The van der Waals surface area contributed by atoms with E-state index in [1.165, 1.54) is 34.8 Å². The Morgan fingerprint density at radius 1 is 1.39 bits per heavy atom. The van der Waals surface area contributed by atoms with Crippen molar-refractivity contribution in [1.82, 2.24) is 19.3 Å². The highest BCUT2D eigenvalue weighted by Gasteiger charge is 2.19.